The van der Waals surface area contributed by atoms with Gasteiger partial charge in [-0.1, -0.05) is 0 Å². The number of rotatable bonds is 4. The predicted octanol–water partition coefficient (Wildman–Crippen LogP) is 2.37. The number of benzene rings is 1. The van der Waals surface area contributed by atoms with Crippen molar-refractivity contribution in [2.24, 2.45) is 0 Å². The lowest BCUT2D eigenvalue weighted by Gasteiger charge is -2.29. The van der Waals surface area contributed by atoms with E-state index in [1.807, 2.05) is 12.1 Å². The largest absolute Gasteiger partial charge is 0.378 e. The molecule has 2 fully saturated rings. The number of morpholine rings is 1. The van der Waals surface area contributed by atoms with Gasteiger partial charge in [0.2, 0.25) is 0 Å². The zero-order valence-corrected chi connectivity index (χ0v) is 17.4. The lowest BCUT2D eigenvalue weighted by Crippen LogP contribution is -2.37. The Labute approximate surface area is 174 Å². The van der Waals surface area contributed by atoms with E-state index in [-0.39, 0.29) is 0 Å². The van der Waals surface area contributed by atoms with Crippen molar-refractivity contribution in [1.29, 1.82) is 5.26 Å². The number of sulfone groups is 1. The van der Waals surface area contributed by atoms with Crippen LogP contribution in [0.25, 0.3) is 22.3 Å². The van der Waals surface area contributed by atoms with E-state index >= 15 is 0 Å². The average Bonchev–Trinajstić information content (AvgIpc) is 3.45. The summed E-state index contributed by atoms with van der Waals surface area (Å²) in [5, 5.41) is 10.4. The third kappa shape index (κ3) is 3.04. The van der Waals surface area contributed by atoms with Crippen LogP contribution in [0, 0.1) is 11.3 Å². The van der Waals surface area contributed by atoms with Gasteiger partial charge in [0, 0.05) is 48.1 Å². The molecule has 1 N–H and O–H groups in total. The van der Waals surface area contributed by atoms with Crippen LogP contribution in [-0.4, -0.2) is 55.9 Å². The summed E-state index contributed by atoms with van der Waals surface area (Å²) in [5.41, 5.74) is 2.55. The average molecular weight is 423 g/mol. The second-order valence-electron chi connectivity index (χ2n) is 7.88. The number of H-pyrrole nitrogens is 1. The quantitative estimate of drug-likeness (QED) is 0.685. The Hall–Kier alpha value is -2.96. The smallest absolute Gasteiger partial charge is 0.162 e. The van der Waals surface area contributed by atoms with Crippen molar-refractivity contribution in [1.82, 2.24) is 15.0 Å². The van der Waals surface area contributed by atoms with E-state index in [4.69, 9.17) is 14.7 Å². The number of aromatic nitrogens is 3. The summed E-state index contributed by atoms with van der Waals surface area (Å²) in [7, 11) is -3.33. The van der Waals surface area contributed by atoms with Gasteiger partial charge in [-0.25, -0.2) is 18.4 Å². The first-order valence-electron chi connectivity index (χ1n) is 9.85. The van der Waals surface area contributed by atoms with Gasteiger partial charge in [-0.3, -0.25) is 0 Å². The normalized spacial score (nSPS) is 18.3. The summed E-state index contributed by atoms with van der Waals surface area (Å²) in [4.78, 5) is 14.8. The summed E-state index contributed by atoms with van der Waals surface area (Å²) in [5.74, 6) is 1.13. The van der Waals surface area contributed by atoms with Crippen molar-refractivity contribution >= 4 is 26.6 Å². The van der Waals surface area contributed by atoms with Gasteiger partial charge < -0.3 is 14.6 Å². The molecule has 30 heavy (non-hydrogen) atoms. The molecule has 1 saturated heterocycles. The van der Waals surface area contributed by atoms with Crippen molar-refractivity contribution in [3.63, 3.8) is 0 Å². The molecule has 0 amide bonds. The minimum atomic E-state index is -3.33. The highest BCUT2D eigenvalue weighted by Gasteiger charge is 2.55. The standard InChI is InChI=1S/C21H21N5O3S/c1-30(27,28)21(3-4-21)18-12-19(26-6-8-29-9-7-26)25-20(24-18)16-10-14(13-22)11-17-15(16)2-5-23-17/h2,5,10-12,23H,3-4,6-9H2,1H3. The Morgan fingerprint density at radius 3 is 2.63 bits per heavy atom. The van der Waals surface area contributed by atoms with Crippen molar-refractivity contribution in [3.8, 4) is 17.5 Å². The number of hydrogen-bond donors (Lipinski definition) is 1. The number of hydrogen-bond acceptors (Lipinski definition) is 7. The molecular weight excluding hydrogens is 402 g/mol. The fourth-order valence-corrected chi connectivity index (χ4v) is 5.42. The van der Waals surface area contributed by atoms with E-state index < -0.39 is 14.6 Å². The van der Waals surface area contributed by atoms with Gasteiger partial charge in [-0.05, 0) is 31.0 Å². The van der Waals surface area contributed by atoms with Gasteiger partial charge in [-0.2, -0.15) is 5.26 Å². The molecule has 0 spiro atoms. The van der Waals surface area contributed by atoms with E-state index in [1.54, 1.807) is 18.3 Å². The summed E-state index contributed by atoms with van der Waals surface area (Å²) in [6.07, 6.45) is 4.20. The Morgan fingerprint density at radius 1 is 1.20 bits per heavy atom. The first kappa shape index (κ1) is 19.0. The maximum absolute atomic E-state index is 12.6. The highest BCUT2D eigenvalue weighted by Crippen LogP contribution is 2.52. The number of ether oxygens (including phenoxy) is 1. The minimum absolute atomic E-state index is 0.436. The molecular formula is C21H21N5O3S. The van der Waals surface area contributed by atoms with Crippen LogP contribution < -0.4 is 4.90 Å². The summed E-state index contributed by atoms with van der Waals surface area (Å²) in [6, 6.07) is 9.45. The van der Waals surface area contributed by atoms with Crippen molar-refractivity contribution < 1.29 is 13.2 Å². The fourth-order valence-electron chi connectivity index (χ4n) is 4.09. The molecule has 2 aromatic heterocycles. The van der Waals surface area contributed by atoms with Gasteiger partial charge in [0.15, 0.2) is 15.7 Å². The molecule has 5 rings (SSSR count). The number of nitriles is 1. The number of fused-ring (bicyclic) bond motifs is 1. The molecule has 9 heteroatoms. The molecule has 1 aliphatic heterocycles. The maximum atomic E-state index is 12.6. The minimum Gasteiger partial charge on any atom is -0.378 e. The zero-order valence-electron chi connectivity index (χ0n) is 16.6. The molecule has 1 aliphatic carbocycles. The molecule has 0 atom stereocenters. The molecule has 2 aliphatic rings. The number of nitrogens with zero attached hydrogens (tertiary/aromatic N) is 4. The molecule has 1 saturated carbocycles. The van der Waals surface area contributed by atoms with Gasteiger partial charge in [-0.15, -0.1) is 0 Å². The van der Waals surface area contributed by atoms with Crippen LogP contribution in [0.4, 0.5) is 5.82 Å². The second kappa shape index (κ2) is 6.79. The molecule has 8 nitrogen and oxygen atoms in total. The Morgan fingerprint density at radius 2 is 1.97 bits per heavy atom. The first-order chi connectivity index (χ1) is 14.4. The Kier molecular flexibility index (Phi) is 4.31. The van der Waals surface area contributed by atoms with Gasteiger partial charge in [0.25, 0.3) is 0 Å². The topological polar surface area (TPSA) is 112 Å². The van der Waals surface area contributed by atoms with Crippen LogP contribution in [0.2, 0.25) is 0 Å². The number of nitrogens with one attached hydrogen (secondary N) is 1. The summed E-state index contributed by atoms with van der Waals surface area (Å²) in [6.45, 7) is 2.55. The van der Waals surface area contributed by atoms with E-state index in [2.05, 4.69) is 16.0 Å². The SMILES string of the molecule is CS(=O)(=O)C1(c2cc(N3CCOCC3)nc(-c3cc(C#N)cc4[nH]ccc34)n2)CC1. The van der Waals surface area contributed by atoms with Gasteiger partial charge in [0.1, 0.15) is 10.6 Å². The van der Waals surface area contributed by atoms with Crippen LogP contribution in [-0.2, 0) is 19.3 Å². The van der Waals surface area contributed by atoms with E-state index in [1.165, 1.54) is 6.26 Å². The summed E-state index contributed by atoms with van der Waals surface area (Å²) >= 11 is 0. The monoisotopic (exact) mass is 423 g/mol. The third-order valence-electron chi connectivity index (χ3n) is 5.97. The molecule has 0 radical (unpaired) electrons. The lowest BCUT2D eigenvalue weighted by molar-refractivity contribution is 0.122. The maximum Gasteiger partial charge on any atom is 0.162 e. The molecule has 3 aromatic rings. The molecule has 154 valence electrons. The van der Waals surface area contributed by atoms with Crippen LogP contribution in [0.1, 0.15) is 24.1 Å². The zero-order chi connectivity index (χ0) is 20.9. The van der Waals surface area contributed by atoms with Crippen molar-refractivity contribution in [2.75, 3.05) is 37.5 Å². The van der Waals surface area contributed by atoms with E-state index in [0.717, 1.165) is 10.9 Å². The van der Waals surface area contributed by atoms with Gasteiger partial charge >= 0.3 is 0 Å². The van der Waals surface area contributed by atoms with E-state index in [9.17, 15) is 13.7 Å². The number of anilines is 1. The Balaban J connectivity index is 1.74. The van der Waals surface area contributed by atoms with Crippen LogP contribution in [0.5, 0.6) is 0 Å². The predicted molar refractivity (Wildman–Crippen MR) is 113 cm³/mol. The molecule has 3 heterocycles. The number of aromatic amines is 1. The van der Waals surface area contributed by atoms with Gasteiger partial charge in [0.05, 0.1) is 30.5 Å². The molecule has 0 bridgehead atoms. The fraction of sp³-hybridized carbons (Fsp3) is 0.381. The lowest BCUT2D eigenvalue weighted by atomic mass is 10.1. The van der Waals surface area contributed by atoms with Crippen LogP contribution in [0.3, 0.4) is 0 Å². The highest BCUT2D eigenvalue weighted by molar-refractivity contribution is 7.91. The molecule has 1 aromatic carbocycles. The van der Waals surface area contributed by atoms with Crippen molar-refractivity contribution in [2.45, 2.75) is 17.6 Å². The molecule has 0 unspecified atom stereocenters. The summed E-state index contributed by atoms with van der Waals surface area (Å²) < 4.78 is 29.7. The highest BCUT2D eigenvalue weighted by atomic mass is 32.2. The second-order valence-corrected chi connectivity index (χ2v) is 10.2. The van der Waals surface area contributed by atoms with Crippen LogP contribution >= 0.6 is 0 Å². The van der Waals surface area contributed by atoms with E-state index in [0.29, 0.717) is 67.6 Å². The van der Waals surface area contributed by atoms with Crippen molar-refractivity contribution in [3.05, 3.63) is 41.7 Å². The van der Waals surface area contributed by atoms with Crippen LogP contribution in [0.15, 0.2) is 30.5 Å². The first-order valence-corrected chi connectivity index (χ1v) is 11.7. The third-order valence-corrected chi connectivity index (χ3v) is 8.00. The Bertz CT molecular complexity index is 1280.